The standard InChI is InChI=1S/C29H25BrN2O4S/c1-20-7-5-6-10-26(20)36-15-13-31-19-21(24-18-22(30)11-12-25(24)31)17-27-28(33)32(29(34)37-27)14-16-35-23-8-3-2-4-9-23/h2-12,17-19H,13-16H2,1H3/b27-17-. The number of carbonyl (C=O) groups is 2. The summed E-state index contributed by atoms with van der Waals surface area (Å²) in [6.07, 6.45) is 3.81. The molecule has 0 atom stereocenters. The number of rotatable bonds is 9. The Balaban J connectivity index is 1.32. The molecule has 2 heterocycles. The van der Waals surface area contributed by atoms with Crippen molar-refractivity contribution in [2.24, 2.45) is 0 Å². The maximum atomic E-state index is 13.1. The molecule has 6 nitrogen and oxygen atoms in total. The maximum Gasteiger partial charge on any atom is 0.293 e. The molecule has 0 N–H and O–H groups in total. The van der Waals surface area contributed by atoms with Crippen molar-refractivity contribution in [1.82, 2.24) is 9.47 Å². The summed E-state index contributed by atoms with van der Waals surface area (Å²) >= 11 is 4.51. The van der Waals surface area contributed by atoms with Crippen molar-refractivity contribution in [3.05, 3.63) is 99.5 Å². The van der Waals surface area contributed by atoms with Gasteiger partial charge in [-0.2, -0.15) is 0 Å². The van der Waals surface area contributed by atoms with Crippen LogP contribution in [0.3, 0.4) is 0 Å². The first kappa shape index (κ1) is 25.2. The number of nitrogens with zero attached hydrogens (tertiary/aromatic N) is 2. The smallest absolute Gasteiger partial charge is 0.293 e. The number of para-hydroxylation sites is 2. The Hall–Kier alpha value is -3.49. The van der Waals surface area contributed by atoms with Gasteiger partial charge < -0.3 is 14.0 Å². The minimum atomic E-state index is -0.301. The molecule has 8 heteroatoms. The lowest BCUT2D eigenvalue weighted by atomic mass is 10.1. The van der Waals surface area contributed by atoms with Crippen molar-refractivity contribution in [3.8, 4) is 11.5 Å². The monoisotopic (exact) mass is 576 g/mol. The Kier molecular flexibility index (Phi) is 7.67. The molecule has 1 aliphatic rings. The Bertz CT molecular complexity index is 1480. The number of amides is 2. The maximum absolute atomic E-state index is 13.1. The van der Waals surface area contributed by atoms with E-state index in [1.165, 1.54) is 4.90 Å². The number of aromatic nitrogens is 1. The molecule has 1 aliphatic heterocycles. The van der Waals surface area contributed by atoms with Crippen LogP contribution in [0.5, 0.6) is 11.5 Å². The van der Waals surface area contributed by atoms with Crippen LogP contribution < -0.4 is 9.47 Å². The van der Waals surface area contributed by atoms with Crippen LogP contribution in [0.2, 0.25) is 0 Å². The van der Waals surface area contributed by atoms with Crippen molar-refractivity contribution in [2.45, 2.75) is 13.5 Å². The van der Waals surface area contributed by atoms with Gasteiger partial charge in [-0.25, -0.2) is 0 Å². The first-order valence-corrected chi connectivity index (χ1v) is 13.5. The lowest BCUT2D eigenvalue weighted by molar-refractivity contribution is -0.123. The van der Waals surface area contributed by atoms with E-state index in [9.17, 15) is 9.59 Å². The SMILES string of the molecule is Cc1ccccc1OCCn1cc(/C=C2\SC(=O)N(CCOc3ccccc3)C2=O)c2cc(Br)ccc21. The molecule has 1 saturated heterocycles. The van der Waals surface area contributed by atoms with Gasteiger partial charge in [0.05, 0.1) is 18.0 Å². The van der Waals surface area contributed by atoms with E-state index in [-0.39, 0.29) is 24.3 Å². The zero-order chi connectivity index (χ0) is 25.8. The predicted octanol–water partition coefficient (Wildman–Crippen LogP) is 6.91. The fraction of sp³-hybridized carbons (Fsp3) is 0.172. The van der Waals surface area contributed by atoms with Crippen LogP contribution in [-0.2, 0) is 11.3 Å². The van der Waals surface area contributed by atoms with E-state index in [2.05, 4.69) is 20.5 Å². The third kappa shape index (κ3) is 5.76. The number of aryl methyl sites for hydroxylation is 1. The minimum Gasteiger partial charge on any atom is -0.492 e. The van der Waals surface area contributed by atoms with Crippen molar-refractivity contribution in [1.29, 1.82) is 0 Å². The van der Waals surface area contributed by atoms with Gasteiger partial charge in [-0.15, -0.1) is 0 Å². The van der Waals surface area contributed by atoms with Crippen molar-refractivity contribution in [3.63, 3.8) is 0 Å². The summed E-state index contributed by atoms with van der Waals surface area (Å²) < 4.78 is 14.7. The molecule has 0 radical (unpaired) electrons. The van der Waals surface area contributed by atoms with E-state index in [1.54, 1.807) is 6.08 Å². The lowest BCUT2D eigenvalue weighted by Crippen LogP contribution is -2.32. The van der Waals surface area contributed by atoms with Crippen LogP contribution in [0.4, 0.5) is 4.79 Å². The van der Waals surface area contributed by atoms with E-state index in [0.717, 1.165) is 44.0 Å². The summed E-state index contributed by atoms with van der Waals surface area (Å²) in [4.78, 5) is 27.3. The number of ether oxygens (including phenoxy) is 2. The molecule has 1 aromatic heterocycles. The summed E-state index contributed by atoms with van der Waals surface area (Å²) in [6, 6.07) is 23.3. The summed E-state index contributed by atoms with van der Waals surface area (Å²) in [7, 11) is 0. The summed E-state index contributed by atoms with van der Waals surface area (Å²) in [6.45, 7) is 3.60. The summed E-state index contributed by atoms with van der Waals surface area (Å²) in [5, 5.41) is 0.703. The van der Waals surface area contributed by atoms with Gasteiger partial charge in [0.1, 0.15) is 24.7 Å². The molecule has 0 saturated carbocycles. The minimum absolute atomic E-state index is 0.195. The first-order chi connectivity index (χ1) is 18.0. The number of hydrogen-bond acceptors (Lipinski definition) is 5. The lowest BCUT2D eigenvalue weighted by Gasteiger charge is -2.13. The normalized spacial score (nSPS) is 14.6. The number of imide groups is 1. The van der Waals surface area contributed by atoms with Gasteiger partial charge in [0.25, 0.3) is 11.1 Å². The van der Waals surface area contributed by atoms with Crippen LogP contribution >= 0.6 is 27.7 Å². The zero-order valence-electron chi connectivity index (χ0n) is 20.2. The van der Waals surface area contributed by atoms with Crippen LogP contribution in [-0.4, -0.2) is 40.4 Å². The summed E-state index contributed by atoms with van der Waals surface area (Å²) in [5.41, 5.74) is 2.99. The Morgan fingerprint density at radius 1 is 0.919 bits per heavy atom. The Labute approximate surface area is 228 Å². The molecule has 3 aromatic carbocycles. The third-order valence-electron chi connectivity index (χ3n) is 6.04. The molecule has 0 bridgehead atoms. The predicted molar refractivity (Wildman–Crippen MR) is 151 cm³/mol. The molecule has 0 unspecified atom stereocenters. The number of halogens is 1. The highest BCUT2D eigenvalue weighted by Crippen LogP contribution is 2.35. The first-order valence-electron chi connectivity index (χ1n) is 11.9. The highest BCUT2D eigenvalue weighted by molar-refractivity contribution is 9.10. The molecule has 1 fully saturated rings. The Morgan fingerprint density at radius 3 is 2.49 bits per heavy atom. The van der Waals surface area contributed by atoms with Gasteiger partial charge >= 0.3 is 0 Å². The number of hydrogen-bond donors (Lipinski definition) is 0. The molecule has 0 spiro atoms. The van der Waals surface area contributed by atoms with E-state index < -0.39 is 0 Å². The van der Waals surface area contributed by atoms with Gasteiger partial charge in [-0.3, -0.25) is 14.5 Å². The molecule has 2 amide bonds. The average molecular weight is 578 g/mol. The molecule has 0 aliphatic carbocycles. The average Bonchev–Trinajstić information content (AvgIpc) is 3.37. The number of fused-ring (bicyclic) bond motifs is 1. The van der Waals surface area contributed by atoms with Crippen LogP contribution in [0.25, 0.3) is 17.0 Å². The quantitative estimate of drug-likeness (QED) is 0.203. The van der Waals surface area contributed by atoms with Gasteiger partial charge in [0.2, 0.25) is 0 Å². The van der Waals surface area contributed by atoms with E-state index in [1.807, 2.05) is 85.9 Å². The zero-order valence-corrected chi connectivity index (χ0v) is 22.6. The highest BCUT2D eigenvalue weighted by Gasteiger charge is 2.35. The van der Waals surface area contributed by atoms with Crippen LogP contribution in [0.15, 0.2) is 88.4 Å². The summed E-state index contributed by atoms with van der Waals surface area (Å²) in [5.74, 6) is 1.27. The number of benzene rings is 3. The Morgan fingerprint density at radius 2 is 1.68 bits per heavy atom. The van der Waals surface area contributed by atoms with Gasteiger partial charge in [0, 0.05) is 27.1 Å². The topological polar surface area (TPSA) is 60.8 Å². The second kappa shape index (κ2) is 11.3. The molecule has 4 aromatic rings. The van der Waals surface area contributed by atoms with Crippen LogP contribution in [0.1, 0.15) is 11.1 Å². The van der Waals surface area contributed by atoms with E-state index in [4.69, 9.17) is 9.47 Å². The van der Waals surface area contributed by atoms with Crippen molar-refractivity contribution < 1.29 is 19.1 Å². The molecule has 188 valence electrons. The van der Waals surface area contributed by atoms with Crippen molar-refractivity contribution in [2.75, 3.05) is 19.8 Å². The molecule has 37 heavy (non-hydrogen) atoms. The molecular formula is C29H25BrN2O4S. The molecular weight excluding hydrogens is 552 g/mol. The van der Waals surface area contributed by atoms with Crippen molar-refractivity contribution >= 4 is 55.8 Å². The number of carbonyl (C=O) groups excluding carboxylic acids is 2. The van der Waals surface area contributed by atoms with E-state index in [0.29, 0.717) is 23.8 Å². The van der Waals surface area contributed by atoms with Gasteiger partial charge in [-0.1, -0.05) is 52.3 Å². The second-order valence-corrected chi connectivity index (χ2v) is 10.5. The fourth-order valence-corrected chi connectivity index (χ4v) is 5.39. The van der Waals surface area contributed by atoms with Gasteiger partial charge in [0.15, 0.2) is 0 Å². The van der Waals surface area contributed by atoms with E-state index >= 15 is 0 Å². The van der Waals surface area contributed by atoms with Crippen LogP contribution in [0, 0.1) is 6.92 Å². The highest BCUT2D eigenvalue weighted by atomic mass is 79.9. The molecule has 5 rings (SSSR count). The van der Waals surface area contributed by atoms with Gasteiger partial charge in [-0.05, 0) is 66.7 Å². The largest absolute Gasteiger partial charge is 0.492 e. The fourth-order valence-electron chi connectivity index (χ4n) is 4.17. The second-order valence-electron chi connectivity index (χ2n) is 8.55. The third-order valence-corrected chi connectivity index (χ3v) is 7.44. The number of thioether (sulfide) groups is 1.